The number of halogens is 4. The highest BCUT2D eigenvalue weighted by atomic mass is 19.3. The van der Waals surface area contributed by atoms with E-state index in [0.717, 1.165) is 12.1 Å². The normalized spacial score (nSPS) is 12.6. The van der Waals surface area contributed by atoms with Gasteiger partial charge in [-0.3, -0.25) is 4.79 Å². The first-order chi connectivity index (χ1) is 9.10. The number of hydrogen-bond acceptors (Lipinski definition) is 2. The zero-order valence-corrected chi connectivity index (χ0v) is 11.4. The molecule has 2 nitrogen and oxygen atoms in total. The largest absolute Gasteiger partial charge is 0.461 e. The summed E-state index contributed by atoms with van der Waals surface area (Å²) in [4.78, 5) is 12.2. The highest BCUT2D eigenvalue weighted by Gasteiger charge is 2.44. The number of alkyl halides is 4. The average Bonchev–Trinajstić information content (AvgIpc) is 2.37. The lowest BCUT2D eigenvalue weighted by atomic mass is 9.82. The van der Waals surface area contributed by atoms with E-state index in [0.29, 0.717) is 6.42 Å². The summed E-state index contributed by atoms with van der Waals surface area (Å²) in [6.07, 6.45) is -7.96. The SMILES string of the molecule is CCC(C)(C)C(=O)c1cccc(OC(F)(F)C(F)F)c1. The lowest BCUT2D eigenvalue weighted by Crippen LogP contribution is -2.33. The maximum atomic E-state index is 12.8. The van der Waals surface area contributed by atoms with Gasteiger partial charge in [0.15, 0.2) is 5.78 Å². The second-order valence-corrected chi connectivity index (χ2v) is 5.06. The fourth-order valence-corrected chi connectivity index (χ4v) is 1.45. The van der Waals surface area contributed by atoms with Gasteiger partial charge in [-0.1, -0.05) is 32.9 Å². The molecule has 0 spiro atoms. The maximum Gasteiger partial charge on any atom is 0.461 e. The molecule has 0 radical (unpaired) electrons. The molecular formula is C14H16F4O2. The van der Waals surface area contributed by atoms with Crippen LogP contribution < -0.4 is 4.74 Å². The fraction of sp³-hybridized carbons (Fsp3) is 0.500. The van der Waals surface area contributed by atoms with E-state index in [1.165, 1.54) is 12.1 Å². The van der Waals surface area contributed by atoms with E-state index in [1.54, 1.807) is 13.8 Å². The Labute approximate surface area is 114 Å². The van der Waals surface area contributed by atoms with Crippen molar-refractivity contribution in [3.05, 3.63) is 29.8 Å². The highest BCUT2D eigenvalue weighted by molar-refractivity contribution is 6.00. The highest BCUT2D eigenvalue weighted by Crippen LogP contribution is 2.30. The summed E-state index contributed by atoms with van der Waals surface area (Å²) < 4.78 is 53.7. The molecule has 0 bridgehead atoms. The monoisotopic (exact) mass is 292 g/mol. The molecule has 1 aromatic carbocycles. The van der Waals surface area contributed by atoms with Crippen LogP contribution in [0, 0.1) is 5.41 Å². The molecule has 0 unspecified atom stereocenters. The molecule has 1 rings (SSSR count). The van der Waals surface area contributed by atoms with E-state index in [1.807, 2.05) is 6.92 Å². The number of ether oxygens (including phenoxy) is 1. The zero-order valence-electron chi connectivity index (χ0n) is 11.4. The van der Waals surface area contributed by atoms with Crippen LogP contribution in [-0.4, -0.2) is 18.3 Å². The Morgan fingerprint density at radius 1 is 1.30 bits per heavy atom. The van der Waals surface area contributed by atoms with E-state index in [2.05, 4.69) is 4.74 Å². The molecule has 1 aromatic rings. The van der Waals surface area contributed by atoms with Crippen LogP contribution in [0.2, 0.25) is 0 Å². The van der Waals surface area contributed by atoms with Gasteiger partial charge in [0.25, 0.3) is 0 Å². The number of benzene rings is 1. The minimum Gasteiger partial charge on any atom is -0.428 e. The van der Waals surface area contributed by atoms with Crippen molar-refractivity contribution in [3.63, 3.8) is 0 Å². The molecule has 0 aliphatic rings. The summed E-state index contributed by atoms with van der Waals surface area (Å²) in [5.41, 5.74) is -0.511. The van der Waals surface area contributed by atoms with Crippen LogP contribution in [0.3, 0.4) is 0 Å². The Morgan fingerprint density at radius 2 is 1.90 bits per heavy atom. The summed E-state index contributed by atoms with van der Waals surface area (Å²) in [6, 6.07) is 4.91. The molecule has 0 saturated carbocycles. The van der Waals surface area contributed by atoms with Crippen LogP contribution in [0.4, 0.5) is 17.6 Å². The third kappa shape index (κ3) is 3.71. The van der Waals surface area contributed by atoms with Gasteiger partial charge in [-0.25, -0.2) is 0 Å². The minimum absolute atomic E-state index is 0.152. The lowest BCUT2D eigenvalue weighted by molar-refractivity contribution is -0.253. The number of ketones is 1. The third-order valence-corrected chi connectivity index (χ3v) is 3.10. The Hall–Kier alpha value is -1.59. The number of carbonyl (C=O) groups is 1. The summed E-state index contributed by atoms with van der Waals surface area (Å²) in [5.74, 6) is -0.723. The van der Waals surface area contributed by atoms with E-state index in [4.69, 9.17) is 0 Å². The number of Topliss-reactive ketones (excluding diaryl/α,β-unsaturated/α-hetero) is 1. The van der Waals surface area contributed by atoms with Crippen LogP contribution in [0.5, 0.6) is 5.75 Å². The second kappa shape index (κ2) is 5.81. The molecule has 112 valence electrons. The van der Waals surface area contributed by atoms with Crippen molar-refractivity contribution in [1.29, 1.82) is 0 Å². The van der Waals surface area contributed by atoms with Crippen molar-refractivity contribution >= 4 is 5.78 Å². The van der Waals surface area contributed by atoms with Crippen molar-refractivity contribution in [1.82, 2.24) is 0 Å². The van der Waals surface area contributed by atoms with Crippen molar-refractivity contribution in [2.45, 2.75) is 39.7 Å². The van der Waals surface area contributed by atoms with Gasteiger partial charge in [0.2, 0.25) is 0 Å². The first-order valence-corrected chi connectivity index (χ1v) is 6.10. The van der Waals surface area contributed by atoms with Crippen molar-refractivity contribution < 1.29 is 27.1 Å². The fourth-order valence-electron chi connectivity index (χ4n) is 1.45. The maximum absolute atomic E-state index is 12.8. The first kappa shape index (κ1) is 16.5. The van der Waals surface area contributed by atoms with Gasteiger partial charge >= 0.3 is 12.5 Å². The smallest absolute Gasteiger partial charge is 0.428 e. The van der Waals surface area contributed by atoms with Crippen LogP contribution in [0.25, 0.3) is 0 Å². The van der Waals surface area contributed by atoms with E-state index >= 15 is 0 Å². The predicted molar refractivity (Wildman–Crippen MR) is 66.4 cm³/mol. The Morgan fingerprint density at radius 3 is 2.40 bits per heavy atom. The Kier molecular flexibility index (Phi) is 4.78. The molecule has 0 heterocycles. The van der Waals surface area contributed by atoms with E-state index in [-0.39, 0.29) is 11.3 Å². The van der Waals surface area contributed by atoms with E-state index < -0.39 is 23.7 Å². The first-order valence-electron chi connectivity index (χ1n) is 6.10. The van der Waals surface area contributed by atoms with Crippen LogP contribution >= 0.6 is 0 Å². The molecule has 0 aliphatic heterocycles. The summed E-state index contributed by atoms with van der Waals surface area (Å²) in [7, 11) is 0. The molecule has 0 amide bonds. The van der Waals surface area contributed by atoms with Gasteiger partial charge in [0, 0.05) is 11.0 Å². The summed E-state index contributed by atoms with van der Waals surface area (Å²) in [6.45, 7) is 5.26. The van der Waals surface area contributed by atoms with Crippen molar-refractivity contribution in [3.8, 4) is 5.75 Å². The van der Waals surface area contributed by atoms with Gasteiger partial charge in [-0.05, 0) is 18.6 Å². The molecule has 0 atom stereocenters. The summed E-state index contributed by atoms with van der Waals surface area (Å²) >= 11 is 0. The van der Waals surface area contributed by atoms with Crippen molar-refractivity contribution in [2.24, 2.45) is 5.41 Å². The van der Waals surface area contributed by atoms with Crippen molar-refractivity contribution in [2.75, 3.05) is 0 Å². The molecule has 0 aromatic heterocycles. The van der Waals surface area contributed by atoms with Crippen LogP contribution in [0.15, 0.2) is 24.3 Å². The minimum atomic E-state index is -4.58. The number of carbonyl (C=O) groups excluding carboxylic acids is 1. The van der Waals surface area contributed by atoms with E-state index in [9.17, 15) is 22.4 Å². The Balaban J connectivity index is 3.00. The average molecular weight is 292 g/mol. The Bertz CT molecular complexity index is 484. The lowest BCUT2D eigenvalue weighted by Gasteiger charge is -2.22. The molecule has 20 heavy (non-hydrogen) atoms. The third-order valence-electron chi connectivity index (χ3n) is 3.10. The van der Waals surface area contributed by atoms with Gasteiger partial charge in [0.05, 0.1) is 0 Å². The predicted octanol–water partition coefficient (Wildman–Crippen LogP) is 4.54. The quantitative estimate of drug-likeness (QED) is 0.568. The number of hydrogen-bond donors (Lipinski definition) is 0. The standard InChI is InChI=1S/C14H16F4O2/c1-4-13(2,3)11(19)9-6-5-7-10(8-9)20-14(17,18)12(15)16/h5-8,12H,4H2,1-3H3. The van der Waals surface area contributed by atoms with Gasteiger partial charge in [-0.15, -0.1) is 0 Å². The molecule has 0 fully saturated rings. The van der Waals surface area contributed by atoms with Gasteiger partial charge < -0.3 is 4.74 Å². The van der Waals surface area contributed by atoms with Gasteiger partial charge in [0.1, 0.15) is 5.75 Å². The van der Waals surface area contributed by atoms with Crippen LogP contribution in [0.1, 0.15) is 37.6 Å². The zero-order chi connectivity index (χ0) is 15.6. The molecule has 6 heteroatoms. The van der Waals surface area contributed by atoms with Gasteiger partial charge in [-0.2, -0.15) is 17.6 Å². The summed E-state index contributed by atoms with van der Waals surface area (Å²) in [5, 5.41) is 0. The molecule has 0 N–H and O–H groups in total. The molecular weight excluding hydrogens is 276 g/mol. The number of rotatable bonds is 6. The second-order valence-electron chi connectivity index (χ2n) is 5.06. The molecule has 0 aliphatic carbocycles. The topological polar surface area (TPSA) is 26.3 Å². The van der Waals surface area contributed by atoms with Crippen LogP contribution in [-0.2, 0) is 0 Å². The molecule has 0 saturated heterocycles.